The van der Waals surface area contributed by atoms with Crippen molar-refractivity contribution in [2.24, 2.45) is 11.8 Å². The fraction of sp³-hybridized carbons (Fsp3) is 0.941. The molecule has 0 aromatic heterocycles. The first-order valence-corrected chi connectivity index (χ1v) is 8.54. The lowest BCUT2D eigenvalue weighted by atomic mass is 9.73. The molecule has 1 saturated heterocycles. The maximum Gasteiger partial charge on any atom is 0.234 e. The van der Waals surface area contributed by atoms with Crippen LogP contribution in [-0.4, -0.2) is 48.1 Å². The van der Waals surface area contributed by atoms with Crippen molar-refractivity contribution >= 4 is 5.91 Å². The number of fused-ring (bicyclic) bond motifs is 2. The van der Waals surface area contributed by atoms with Gasteiger partial charge >= 0.3 is 0 Å². The number of nitrogens with one attached hydrogen (secondary N) is 2. The van der Waals surface area contributed by atoms with Gasteiger partial charge in [0.15, 0.2) is 0 Å². The van der Waals surface area contributed by atoms with Crippen molar-refractivity contribution in [3.8, 4) is 0 Å². The molecule has 0 aromatic carbocycles. The summed E-state index contributed by atoms with van der Waals surface area (Å²) in [5.74, 6) is 1.54. The van der Waals surface area contributed by atoms with E-state index in [-0.39, 0.29) is 11.4 Å². The number of carbonyl (C=O) groups is 1. The van der Waals surface area contributed by atoms with Gasteiger partial charge in [-0.25, -0.2) is 0 Å². The molecule has 2 aliphatic rings. The Hall–Kier alpha value is -0.610. The van der Waals surface area contributed by atoms with Crippen molar-refractivity contribution < 1.29 is 4.79 Å². The zero-order chi connectivity index (χ0) is 15.6. The summed E-state index contributed by atoms with van der Waals surface area (Å²) in [5.41, 5.74) is -0.143. The van der Waals surface area contributed by atoms with Crippen LogP contribution in [0, 0.1) is 11.8 Å². The quantitative estimate of drug-likeness (QED) is 0.834. The first kappa shape index (κ1) is 16.8. The van der Waals surface area contributed by atoms with Gasteiger partial charge in [-0.1, -0.05) is 6.42 Å². The third-order valence-electron chi connectivity index (χ3n) is 4.85. The Morgan fingerprint density at radius 3 is 2.24 bits per heavy atom. The summed E-state index contributed by atoms with van der Waals surface area (Å²) in [6, 6.07) is 1.16. The second-order valence-electron chi connectivity index (χ2n) is 8.20. The van der Waals surface area contributed by atoms with Crippen molar-refractivity contribution in [2.75, 3.05) is 19.6 Å². The summed E-state index contributed by atoms with van der Waals surface area (Å²) >= 11 is 0. The number of nitrogens with zero attached hydrogens (tertiary/aromatic N) is 1. The molecule has 4 heteroatoms. The van der Waals surface area contributed by atoms with E-state index in [0.717, 1.165) is 0 Å². The topological polar surface area (TPSA) is 44.4 Å². The average Bonchev–Trinajstić information content (AvgIpc) is 2.32. The van der Waals surface area contributed by atoms with Crippen LogP contribution in [0.15, 0.2) is 0 Å². The lowest BCUT2D eigenvalue weighted by Gasteiger charge is -2.49. The van der Waals surface area contributed by atoms with Crippen molar-refractivity contribution in [3.63, 3.8) is 0 Å². The summed E-state index contributed by atoms with van der Waals surface area (Å²) in [6.45, 7) is 13.5. The molecule has 0 spiro atoms. The number of hydrogen-bond donors (Lipinski definition) is 2. The minimum atomic E-state index is -0.143. The molecule has 2 bridgehead atoms. The lowest BCUT2D eigenvalue weighted by Crippen LogP contribution is -2.59. The Labute approximate surface area is 130 Å². The van der Waals surface area contributed by atoms with E-state index in [0.29, 0.717) is 30.5 Å². The molecule has 1 heterocycles. The first-order chi connectivity index (χ1) is 9.76. The van der Waals surface area contributed by atoms with Gasteiger partial charge in [-0.3, -0.25) is 4.79 Å². The van der Waals surface area contributed by atoms with Crippen LogP contribution in [-0.2, 0) is 4.79 Å². The molecule has 0 radical (unpaired) electrons. The monoisotopic (exact) mass is 295 g/mol. The van der Waals surface area contributed by atoms with Gasteiger partial charge in [0.25, 0.3) is 0 Å². The van der Waals surface area contributed by atoms with E-state index in [2.05, 4.69) is 29.4 Å². The fourth-order valence-corrected chi connectivity index (χ4v) is 3.90. The van der Waals surface area contributed by atoms with Crippen LogP contribution >= 0.6 is 0 Å². The first-order valence-electron chi connectivity index (χ1n) is 8.54. The van der Waals surface area contributed by atoms with E-state index in [4.69, 9.17) is 0 Å². The predicted octanol–water partition coefficient (Wildman–Crippen LogP) is 2.00. The van der Waals surface area contributed by atoms with Crippen LogP contribution in [0.2, 0.25) is 0 Å². The number of hydrogen-bond acceptors (Lipinski definition) is 3. The molecule has 2 unspecified atom stereocenters. The highest BCUT2D eigenvalue weighted by molar-refractivity contribution is 5.78. The maximum atomic E-state index is 12.0. The number of carbonyl (C=O) groups excluding carboxylic acids is 1. The number of likely N-dealkylation sites (tertiary alicyclic amines) is 1. The summed E-state index contributed by atoms with van der Waals surface area (Å²) < 4.78 is 0. The van der Waals surface area contributed by atoms with Crippen LogP contribution in [0.3, 0.4) is 0 Å². The maximum absolute atomic E-state index is 12.0. The summed E-state index contributed by atoms with van der Waals surface area (Å²) in [4.78, 5) is 14.6. The van der Waals surface area contributed by atoms with Crippen molar-refractivity contribution in [1.82, 2.24) is 15.5 Å². The average molecular weight is 295 g/mol. The minimum absolute atomic E-state index is 0.117. The van der Waals surface area contributed by atoms with E-state index in [1.54, 1.807) is 0 Å². The van der Waals surface area contributed by atoms with Crippen molar-refractivity contribution in [3.05, 3.63) is 0 Å². The molecule has 1 aliphatic carbocycles. The van der Waals surface area contributed by atoms with Gasteiger partial charge in [0, 0.05) is 30.7 Å². The normalized spacial score (nSPS) is 30.5. The number of piperidine rings is 1. The predicted molar refractivity (Wildman–Crippen MR) is 87.2 cm³/mol. The molecule has 2 rings (SSSR count). The van der Waals surface area contributed by atoms with Gasteiger partial charge in [-0.15, -0.1) is 0 Å². The third kappa shape index (κ3) is 4.68. The molecule has 1 aliphatic heterocycles. The van der Waals surface area contributed by atoms with Crippen LogP contribution in [0.25, 0.3) is 0 Å². The fourth-order valence-electron chi connectivity index (χ4n) is 3.90. The van der Waals surface area contributed by atoms with E-state index >= 15 is 0 Å². The SMILES string of the molecule is CC(C)N1CC2CCCC(C1)C2NCC(=O)NC(C)(C)C. The largest absolute Gasteiger partial charge is 0.350 e. The minimum Gasteiger partial charge on any atom is -0.350 e. The Bertz CT molecular complexity index is 348. The highest BCUT2D eigenvalue weighted by Gasteiger charge is 2.39. The Kier molecular flexibility index (Phi) is 5.31. The van der Waals surface area contributed by atoms with E-state index in [9.17, 15) is 4.79 Å². The highest BCUT2D eigenvalue weighted by atomic mass is 16.2. The van der Waals surface area contributed by atoms with Crippen molar-refractivity contribution in [1.29, 1.82) is 0 Å². The van der Waals surface area contributed by atoms with Crippen LogP contribution in [0.4, 0.5) is 0 Å². The van der Waals surface area contributed by atoms with Gasteiger partial charge in [0.2, 0.25) is 5.91 Å². The van der Waals surface area contributed by atoms with Gasteiger partial charge in [-0.05, 0) is 59.3 Å². The molecule has 2 atom stereocenters. The highest BCUT2D eigenvalue weighted by Crippen LogP contribution is 2.35. The van der Waals surface area contributed by atoms with Crippen molar-refractivity contribution in [2.45, 2.75) is 71.5 Å². The third-order valence-corrected chi connectivity index (χ3v) is 4.85. The number of rotatable bonds is 4. The second-order valence-corrected chi connectivity index (χ2v) is 8.20. The van der Waals surface area contributed by atoms with Gasteiger partial charge in [0.1, 0.15) is 0 Å². The second kappa shape index (κ2) is 6.66. The van der Waals surface area contributed by atoms with Crippen LogP contribution < -0.4 is 10.6 Å². The molecule has 0 aromatic rings. The summed E-state index contributed by atoms with van der Waals surface area (Å²) in [6.07, 6.45) is 3.96. The standard InChI is InChI=1S/C17H33N3O/c1-12(2)20-10-13-7-6-8-14(11-20)16(13)18-9-15(21)19-17(3,4)5/h12-14,16,18H,6-11H2,1-5H3,(H,19,21). The molecular formula is C17H33N3O. The van der Waals surface area contributed by atoms with Crippen LogP contribution in [0.5, 0.6) is 0 Å². The Morgan fingerprint density at radius 1 is 1.19 bits per heavy atom. The van der Waals surface area contributed by atoms with Gasteiger partial charge in [-0.2, -0.15) is 0 Å². The molecule has 122 valence electrons. The molecule has 2 fully saturated rings. The Balaban J connectivity index is 1.87. The van der Waals surface area contributed by atoms with E-state index in [1.165, 1.54) is 32.4 Å². The molecule has 1 amide bonds. The van der Waals surface area contributed by atoms with Gasteiger partial charge < -0.3 is 15.5 Å². The molecule has 4 nitrogen and oxygen atoms in total. The molecular weight excluding hydrogens is 262 g/mol. The molecule has 1 saturated carbocycles. The smallest absolute Gasteiger partial charge is 0.234 e. The molecule has 2 N–H and O–H groups in total. The molecule has 21 heavy (non-hydrogen) atoms. The summed E-state index contributed by atoms with van der Waals surface area (Å²) in [5, 5.41) is 6.61. The Morgan fingerprint density at radius 2 is 1.76 bits per heavy atom. The van der Waals surface area contributed by atoms with Crippen LogP contribution in [0.1, 0.15) is 53.9 Å². The zero-order valence-electron chi connectivity index (χ0n) is 14.4. The lowest BCUT2D eigenvalue weighted by molar-refractivity contribution is -0.122. The number of amides is 1. The van der Waals surface area contributed by atoms with E-state index < -0.39 is 0 Å². The zero-order valence-corrected chi connectivity index (χ0v) is 14.4. The summed E-state index contributed by atoms with van der Waals surface area (Å²) in [7, 11) is 0. The van der Waals surface area contributed by atoms with E-state index in [1.807, 2.05) is 20.8 Å². The van der Waals surface area contributed by atoms with Gasteiger partial charge in [0.05, 0.1) is 6.54 Å².